The zero-order valence-electron chi connectivity index (χ0n) is 8.79. The summed E-state index contributed by atoms with van der Waals surface area (Å²) < 4.78 is 11.2. The number of piperidine rings is 1. The van der Waals surface area contributed by atoms with Crippen LogP contribution >= 0.6 is 0 Å². The van der Waals surface area contributed by atoms with Gasteiger partial charge >= 0.3 is 0 Å². The third-order valence-corrected chi connectivity index (χ3v) is 2.83. The van der Waals surface area contributed by atoms with Gasteiger partial charge in [0.2, 0.25) is 0 Å². The van der Waals surface area contributed by atoms with E-state index in [4.69, 9.17) is 15.2 Å². The molecule has 0 aromatic heterocycles. The van der Waals surface area contributed by atoms with E-state index in [2.05, 4.69) is 5.32 Å². The van der Waals surface area contributed by atoms with Gasteiger partial charge in [-0.25, -0.2) is 0 Å². The van der Waals surface area contributed by atoms with Gasteiger partial charge in [0.15, 0.2) is 6.29 Å². The van der Waals surface area contributed by atoms with Crippen LogP contribution in [-0.4, -0.2) is 37.6 Å². The van der Waals surface area contributed by atoms with Crippen molar-refractivity contribution in [3.8, 4) is 0 Å². The molecule has 0 bridgehead atoms. The number of ether oxygens (including phenoxy) is 2. The Labute approximate surface area is 85.1 Å². The lowest BCUT2D eigenvalue weighted by molar-refractivity contribution is -0.218. The summed E-state index contributed by atoms with van der Waals surface area (Å²) >= 11 is 0. The molecule has 2 aliphatic heterocycles. The molecule has 3 N–H and O–H groups in total. The lowest BCUT2D eigenvalue weighted by Crippen LogP contribution is -2.57. The van der Waals surface area contributed by atoms with Crippen LogP contribution in [0.25, 0.3) is 0 Å². The normalized spacial score (nSPS) is 45.0. The summed E-state index contributed by atoms with van der Waals surface area (Å²) in [5.74, 6) is 0. The second kappa shape index (κ2) is 4.14. The number of rotatable bonds is 1. The lowest BCUT2D eigenvalue weighted by atomic mass is 10.0. The Balaban J connectivity index is 1.82. The molecule has 0 saturated carbocycles. The fourth-order valence-corrected chi connectivity index (χ4v) is 1.98. The molecule has 0 amide bonds. The Morgan fingerprint density at radius 3 is 2.57 bits per heavy atom. The Morgan fingerprint density at radius 2 is 2.00 bits per heavy atom. The van der Waals surface area contributed by atoms with Crippen molar-refractivity contribution in [2.75, 3.05) is 19.8 Å². The Morgan fingerprint density at radius 1 is 1.29 bits per heavy atom. The van der Waals surface area contributed by atoms with E-state index < -0.39 is 0 Å². The maximum atomic E-state index is 5.90. The minimum Gasteiger partial charge on any atom is -0.349 e. The Kier molecular flexibility index (Phi) is 3.07. The van der Waals surface area contributed by atoms with Crippen molar-refractivity contribution in [1.29, 1.82) is 0 Å². The van der Waals surface area contributed by atoms with Crippen LogP contribution in [0.2, 0.25) is 0 Å². The quantitative estimate of drug-likeness (QED) is 0.635. The van der Waals surface area contributed by atoms with Gasteiger partial charge in [0, 0.05) is 0 Å². The smallest absolute Gasteiger partial charge is 0.172 e. The average molecular weight is 200 g/mol. The fraction of sp³-hybridized carbons (Fsp3) is 1.00. The van der Waals surface area contributed by atoms with E-state index in [1.165, 1.54) is 12.8 Å². The zero-order chi connectivity index (χ0) is 10.0. The minimum absolute atomic E-state index is 0.0908. The fourth-order valence-electron chi connectivity index (χ4n) is 1.98. The van der Waals surface area contributed by atoms with Crippen LogP contribution in [0.5, 0.6) is 0 Å². The third kappa shape index (κ3) is 2.45. The van der Waals surface area contributed by atoms with Crippen LogP contribution in [0.3, 0.4) is 0 Å². The van der Waals surface area contributed by atoms with Crippen molar-refractivity contribution in [3.63, 3.8) is 0 Å². The lowest BCUT2D eigenvalue weighted by Gasteiger charge is -2.39. The van der Waals surface area contributed by atoms with E-state index in [1.54, 1.807) is 0 Å². The highest BCUT2D eigenvalue weighted by molar-refractivity contribution is 4.85. The molecule has 2 heterocycles. The van der Waals surface area contributed by atoms with Gasteiger partial charge in [0.05, 0.1) is 24.8 Å². The molecule has 0 spiro atoms. The topological polar surface area (TPSA) is 56.5 Å². The minimum atomic E-state index is -0.314. The van der Waals surface area contributed by atoms with Crippen molar-refractivity contribution in [2.24, 2.45) is 5.73 Å². The van der Waals surface area contributed by atoms with Crippen LogP contribution in [0.15, 0.2) is 0 Å². The van der Waals surface area contributed by atoms with Crippen LogP contribution in [-0.2, 0) is 9.47 Å². The summed E-state index contributed by atoms with van der Waals surface area (Å²) in [7, 11) is 0. The molecular formula is C10H20N2O2. The summed E-state index contributed by atoms with van der Waals surface area (Å²) in [6.45, 7) is 4.22. The molecule has 2 saturated heterocycles. The van der Waals surface area contributed by atoms with Gasteiger partial charge in [-0.3, -0.25) is 0 Å². The predicted octanol–water partition coefficient (Wildman–Crippen LogP) is 0.219. The van der Waals surface area contributed by atoms with Crippen molar-refractivity contribution in [2.45, 2.75) is 44.1 Å². The van der Waals surface area contributed by atoms with Gasteiger partial charge in [0.25, 0.3) is 0 Å². The van der Waals surface area contributed by atoms with Crippen molar-refractivity contribution in [3.05, 3.63) is 0 Å². The molecule has 4 nitrogen and oxygen atoms in total. The first kappa shape index (κ1) is 10.4. The van der Waals surface area contributed by atoms with Crippen LogP contribution < -0.4 is 11.1 Å². The van der Waals surface area contributed by atoms with Gasteiger partial charge in [0.1, 0.15) is 0 Å². The highest BCUT2D eigenvalue weighted by Gasteiger charge is 2.33. The van der Waals surface area contributed by atoms with Gasteiger partial charge < -0.3 is 20.5 Å². The Hall–Kier alpha value is -0.160. The Bertz CT molecular complexity index is 181. The maximum Gasteiger partial charge on any atom is 0.172 e. The SMILES string of the molecule is CC1(N)COC(C2CCCCN2)OC1. The first-order valence-corrected chi connectivity index (χ1v) is 5.43. The zero-order valence-corrected chi connectivity index (χ0v) is 8.79. The number of nitrogens with one attached hydrogen (secondary N) is 1. The van der Waals surface area contributed by atoms with Crippen LogP contribution in [0, 0.1) is 0 Å². The van der Waals surface area contributed by atoms with Crippen molar-refractivity contribution < 1.29 is 9.47 Å². The van der Waals surface area contributed by atoms with Gasteiger partial charge in [-0.15, -0.1) is 0 Å². The van der Waals surface area contributed by atoms with Crippen LogP contribution in [0.1, 0.15) is 26.2 Å². The molecule has 4 heteroatoms. The molecule has 0 aromatic carbocycles. The second-order valence-electron chi connectivity index (χ2n) is 4.70. The number of nitrogens with two attached hydrogens (primary N) is 1. The predicted molar refractivity (Wildman–Crippen MR) is 53.9 cm³/mol. The summed E-state index contributed by atoms with van der Waals surface area (Å²) in [6.07, 6.45) is 3.58. The van der Waals surface area contributed by atoms with E-state index in [9.17, 15) is 0 Å². The summed E-state index contributed by atoms with van der Waals surface area (Å²) in [5.41, 5.74) is 5.58. The van der Waals surface area contributed by atoms with Crippen molar-refractivity contribution in [1.82, 2.24) is 5.32 Å². The van der Waals surface area contributed by atoms with Gasteiger partial charge in [-0.05, 0) is 26.3 Å². The molecule has 14 heavy (non-hydrogen) atoms. The molecule has 1 atom stereocenters. The van der Waals surface area contributed by atoms with E-state index in [1.807, 2.05) is 6.92 Å². The molecular weight excluding hydrogens is 180 g/mol. The van der Waals surface area contributed by atoms with Crippen LogP contribution in [0.4, 0.5) is 0 Å². The standard InChI is InChI=1S/C10H20N2O2/c1-10(11)6-13-9(14-7-10)8-4-2-3-5-12-8/h8-9,12H,2-7,11H2,1H3. The monoisotopic (exact) mass is 200 g/mol. The molecule has 2 aliphatic rings. The highest BCUT2D eigenvalue weighted by Crippen LogP contribution is 2.19. The van der Waals surface area contributed by atoms with E-state index >= 15 is 0 Å². The highest BCUT2D eigenvalue weighted by atomic mass is 16.7. The molecule has 0 radical (unpaired) electrons. The van der Waals surface area contributed by atoms with Gasteiger partial charge in [-0.1, -0.05) is 6.42 Å². The summed E-state index contributed by atoms with van der Waals surface area (Å²) in [5, 5.41) is 3.43. The maximum absolute atomic E-state index is 5.90. The molecule has 82 valence electrons. The van der Waals surface area contributed by atoms with E-state index in [0.717, 1.165) is 13.0 Å². The average Bonchev–Trinajstić information content (AvgIpc) is 2.19. The summed E-state index contributed by atoms with van der Waals surface area (Å²) in [4.78, 5) is 0. The molecule has 0 aliphatic carbocycles. The second-order valence-corrected chi connectivity index (χ2v) is 4.70. The molecule has 1 unspecified atom stereocenters. The first-order chi connectivity index (χ1) is 6.67. The van der Waals surface area contributed by atoms with Gasteiger partial charge in [-0.2, -0.15) is 0 Å². The third-order valence-electron chi connectivity index (χ3n) is 2.83. The number of hydrogen-bond acceptors (Lipinski definition) is 4. The number of hydrogen-bond donors (Lipinski definition) is 2. The van der Waals surface area contributed by atoms with Crippen molar-refractivity contribution >= 4 is 0 Å². The molecule has 2 rings (SSSR count). The van der Waals surface area contributed by atoms with E-state index in [-0.39, 0.29) is 11.8 Å². The molecule has 0 aromatic rings. The molecule has 2 fully saturated rings. The summed E-state index contributed by atoms with van der Waals surface area (Å²) in [6, 6.07) is 0.361. The first-order valence-electron chi connectivity index (χ1n) is 5.43. The largest absolute Gasteiger partial charge is 0.349 e. The van der Waals surface area contributed by atoms with E-state index in [0.29, 0.717) is 19.3 Å².